The molecule has 0 aromatic heterocycles. The molecule has 0 amide bonds. The van der Waals surface area contributed by atoms with Gasteiger partial charge in [0.25, 0.3) is 0 Å². The molecule has 210 valence electrons. The van der Waals surface area contributed by atoms with Crippen molar-refractivity contribution in [3.8, 4) is 0 Å². The molecule has 0 N–H and O–H groups in total. The number of esters is 1. The average Bonchev–Trinajstić information content (AvgIpc) is 2.96. The molecule has 0 aliphatic heterocycles. The highest BCUT2D eigenvalue weighted by atomic mass is 32.1. The second kappa shape index (κ2) is 16.6. The van der Waals surface area contributed by atoms with Crippen molar-refractivity contribution in [3.05, 3.63) is 107 Å². The molecule has 0 aliphatic carbocycles. The molecular formula is C34H37FO4S. The van der Waals surface area contributed by atoms with Crippen molar-refractivity contribution in [2.75, 3.05) is 7.11 Å². The van der Waals surface area contributed by atoms with E-state index in [1.165, 1.54) is 30.4 Å². The maximum absolute atomic E-state index is 13.8. The van der Waals surface area contributed by atoms with Gasteiger partial charge in [0.05, 0.1) is 19.4 Å². The van der Waals surface area contributed by atoms with Crippen LogP contribution in [0.3, 0.4) is 0 Å². The lowest BCUT2D eigenvalue weighted by molar-refractivity contribution is -0.147. The van der Waals surface area contributed by atoms with Crippen LogP contribution >= 0.6 is 12.2 Å². The van der Waals surface area contributed by atoms with Crippen molar-refractivity contribution >= 4 is 34.6 Å². The van der Waals surface area contributed by atoms with Gasteiger partial charge in [-0.25, -0.2) is 4.39 Å². The fraction of sp³-hybridized carbons (Fsp3) is 0.353. The van der Waals surface area contributed by atoms with E-state index in [1.54, 1.807) is 12.1 Å². The van der Waals surface area contributed by atoms with Crippen molar-refractivity contribution in [1.82, 2.24) is 0 Å². The number of ketones is 2. The molecule has 4 nitrogen and oxygen atoms in total. The van der Waals surface area contributed by atoms with Crippen molar-refractivity contribution in [1.29, 1.82) is 0 Å². The van der Waals surface area contributed by atoms with Crippen LogP contribution < -0.4 is 0 Å². The number of methoxy groups -OCH3 is 1. The molecule has 0 saturated heterocycles. The summed E-state index contributed by atoms with van der Waals surface area (Å²) >= 11 is 5.77. The largest absolute Gasteiger partial charge is 0.469 e. The van der Waals surface area contributed by atoms with Gasteiger partial charge in [-0.1, -0.05) is 104 Å². The lowest BCUT2D eigenvalue weighted by Crippen LogP contribution is -2.22. The van der Waals surface area contributed by atoms with Crippen molar-refractivity contribution in [2.45, 2.75) is 63.7 Å². The predicted molar refractivity (Wildman–Crippen MR) is 160 cm³/mol. The zero-order chi connectivity index (χ0) is 28.7. The third kappa shape index (κ3) is 10.2. The predicted octanol–water partition coefficient (Wildman–Crippen LogP) is 7.62. The number of rotatable bonds is 17. The number of thiocarbonyl (C=S) groups is 1. The minimum absolute atomic E-state index is 0.0517. The quantitative estimate of drug-likeness (QED) is 0.0736. The molecule has 0 heterocycles. The average molecular weight is 561 g/mol. The van der Waals surface area contributed by atoms with E-state index >= 15 is 0 Å². The van der Waals surface area contributed by atoms with Gasteiger partial charge in [-0.3, -0.25) is 14.4 Å². The monoisotopic (exact) mass is 560 g/mol. The van der Waals surface area contributed by atoms with Crippen LogP contribution in [0.2, 0.25) is 0 Å². The highest BCUT2D eigenvalue weighted by Crippen LogP contribution is 2.29. The molecule has 0 saturated carbocycles. The number of carbonyl (C=O) groups excluding carboxylic acids is 3. The highest BCUT2D eigenvalue weighted by molar-refractivity contribution is 7.80. The molecule has 0 unspecified atom stereocenters. The van der Waals surface area contributed by atoms with E-state index in [0.717, 1.165) is 37.0 Å². The Morgan fingerprint density at radius 2 is 1.38 bits per heavy atom. The number of benzene rings is 3. The van der Waals surface area contributed by atoms with Crippen molar-refractivity contribution in [2.24, 2.45) is 5.92 Å². The van der Waals surface area contributed by atoms with Crippen molar-refractivity contribution < 1.29 is 23.5 Å². The Balaban J connectivity index is 1.43. The standard InChI is InChI=1S/C34H37FO4S/c1-39-34(38)28(22-30(37)23-29(36)21-27-17-11-12-20-33(27)35)18-9-4-10-19-31(40)24-32(25-13-5-2-6-14-25)26-15-7-3-8-16-26/h2-3,5-8,11-17,20,28,32H,4,9-10,18-19,21-24H2,1H3/t28-/m1/s1. The Labute approximate surface area is 242 Å². The summed E-state index contributed by atoms with van der Waals surface area (Å²) in [4.78, 5) is 38.2. The van der Waals surface area contributed by atoms with Gasteiger partial charge >= 0.3 is 5.97 Å². The fourth-order valence-corrected chi connectivity index (χ4v) is 5.28. The van der Waals surface area contributed by atoms with Crippen LogP contribution in [-0.4, -0.2) is 29.5 Å². The zero-order valence-electron chi connectivity index (χ0n) is 23.0. The molecule has 0 fully saturated rings. The zero-order valence-corrected chi connectivity index (χ0v) is 23.8. The molecule has 3 aromatic rings. The van der Waals surface area contributed by atoms with Crippen LogP contribution in [0.4, 0.5) is 4.39 Å². The Hall–Kier alpha value is -3.51. The Kier molecular flexibility index (Phi) is 12.8. The second-order valence-electron chi connectivity index (χ2n) is 10.2. The summed E-state index contributed by atoms with van der Waals surface area (Å²) in [5, 5.41) is 0. The maximum Gasteiger partial charge on any atom is 0.309 e. The minimum Gasteiger partial charge on any atom is -0.469 e. The number of halogens is 1. The molecule has 0 radical (unpaired) electrons. The van der Waals surface area contributed by atoms with Crippen LogP contribution in [0.15, 0.2) is 84.9 Å². The van der Waals surface area contributed by atoms with Gasteiger partial charge in [0.15, 0.2) is 0 Å². The number of unbranched alkanes of at least 4 members (excludes halogenated alkanes) is 2. The first-order valence-electron chi connectivity index (χ1n) is 13.8. The van der Waals surface area contributed by atoms with Gasteiger partial charge in [-0.15, -0.1) is 0 Å². The Bertz CT molecular complexity index is 1220. The molecule has 3 rings (SSSR count). The fourth-order valence-electron chi connectivity index (χ4n) is 4.97. The number of hydrogen-bond donors (Lipinski definition) is 0. The summed E-state index contributed by atoms with van der Waals surface area (Å²) in [7, 11) is 1.30. The third-order valence-electron chi connectivity index (χ3n) is 7.09. The summed E-state index contributed by atoms with van der Waals surface area (Å²) in [5.41, 5.74) is 2.75. The second-order valence-corrected chi connectivity index (χ2v) is 10.7. The van der Waals surface area contributed by atoms with E-state index in [0.29, 0.717) is 6.42 Å². The van der Waals surface area contributed by atoms with Gasteiger partial charge in [-0.2, -0.15) is 0 Å². The van der Waals surface area contributed by atoms with Crippen LogP contribution in [-0.2, 0) is 25.5 Å². The molecule has 40 heavy (non-hydrogen) atoms. The van der Waals surface area contributed by atoms with Crippen LogP contribution in [0.1, 0.15) is 74.0 Å². The number of ether oxygens (including phenoxy) is 1. The molecular weight excluding hydrogens is 523 g/mol. The van der Waals surface area contributed by atoms with Crippen LogP contribution in [0.25, 0.3) is 0 Å². The van der Waals surface area contributed by atoms with E-state index in [1.807, 2.05) is 12.1 Å². The van der Waals surface area contributed by atoms with Crippen molar-refractivity contribution in [3.63, 3.8) is 0 Å². The summed E-state index contributed by atoms with van der Waals surface area (Å²) in [5.74, 6) is -1.98. The first kappa shape index (κ1) is 31.0. The first-order valence-corrected chi connectivity index (χ1v) is 14.2. The van der Waals surface area contributed by atoms with Crippen LogP contribution in [0, 0.1) is 11.7 Å². The first-order chi connectivity index (χ1) is 19.4. The topological polar surface area (TPSA) is 60.4 Å². The SMILES string of the molecule is COC(=O)[C@H](CCCCCC(=S)CC(c1ccccc1)c1ccccc1)CC(=O)CC(=O)Cc1ccccc1F. The molecule has 0 bridgehead atoms. The molecule has 0 aliphatic rings. The van der Waals surface area contributed by atoms with E-state index in [9.17, 15) is 18.8 Å². The Morgan fingerprint density at radius 1 is 0.775 bits per heavy atom. The third-order valence-corrected chi connectivity index (χ3v) is 7.46. The van der Waals surface area contributed by atoms with Gasteiger partial charge in [0.2, 0.25) is 0 Å². The summed E-state index contributed by atoms with van der Waals surface area (Å²) < 4.78 is 18.7. The highest BCUT2D eigenvalue weighted by Gasteiger charge is 2.24. The molecule has 0 spiro atoms. The molecule has 6 heteroatoms. The van der Waals surface area contributed by atoms with Gasteiger partial charge in [0.1, 0.15) is 17.4 Å². The number of Topliss-reactive ketones (excluding diaryl/α,β-unsaturated/α-hetero) is 2. The van der Waals surface area contributed by atoms with E-state index in [2.05, 4.69) is 48.5 Å². The molecule has 1 atom stereocenters. The normalized spacial score (nSPS) is 11.7. The Morgan fingerprint density at radius 3 is 1.98 bits per heavy atom. The van der Waals surface area contributed by atoms with Crippen LogP contribution in [0.5, 0.6) is 0 Å². The summed E-state index contributed by atoms with van der Waals surface area (Å²) in [6.07, 6.45) is 4.12. The maximum atomic E-state index is 13.8. The minimum atomic E-state index is -0.591. The van der Waals surface area contributed by atoms with E-state index < -0.39 is 17.7 Å². The molecule has 3 aromatic carbocycles. The number of carbonyl (C=O) groups is 3. The number of hydrogen-bond acceptors (Lipinski definition) is 5. The van der Waals surface area contributed by atoms with Gasteiger partial charge in [-0.05, 0) is 53.3 Å². The van der Waals surface area contributed by atoms with Gasteiger partial charge < -0.3 is 4.74 Å². The lowest BCUT2D eigenvalue weighted by Gasteiger charge is -2.19. The van der Waals surface area contributed by atoms with E-state index in [4.69, 9.17) is 17.0 Å². The lowest BCUT2D eigenvalue weighted by atomic mass is 9.86. The van der Waals surface area contributed by atoms with E-state index in [-0.39, 0.29) is 42.3 Å². The van der Waals surface area contributed by atoms with Gasteiger partial charge in [0, 0.05) is 18.8 Å². The summed E-state index contributed by atoms with van der Waals surface area (Å²) in [6.45, 7) is 0. The smallest absolute Gasteiger partial charge is 0.309 e. The summed E-state index contributed by atoms with van der Waals surface area (Å²) in [6, 6.07) is 26.8.